The zero-order valence-corrected chi connectivity index (χ0v) is 14.8. The van der Waals surface area contributed by atoms with Crippen molar-refractivity contribution in [3.05, 3.63) is 59.7 Å². The zero-order chi connectivity index (χ0) is 18.2. The van der Waals surface area contributed by atoms with E-state index in [2.05, 4.69) is 5.32 Å². The third-order valence-electron chi connectivity index (χ3n) is 4.06. The molecule has 2 amide bonds. The Morgan fingerprint density at radius 1 is 1.04 bits per heavy atom. The number of aryl methyl sites for hydroxylation is 1. The predicted octanol–water partition coefficient (Wildman–Crippen LogP) is 3.32. The van der Waals surface area contributed by atoms with Crippen LogP contribution in [0.1, 0.15) is 36.2 Å². The van der Waals surface area contributed by atoms with Crippen molar-refractivity contribution in [2.75, 3.05) is 24.1 Å². The first-order chi connectivity index (χ1) is 12.0. The number of nitrogens with one attached hydrogen (secondary N) is 1. The summed E-state index contributed by atoms with van der Waals surface area (Å²) in [5.41, 5.74) is 8.65. The van der Waals surface area contributed by atoms with Crippen LogP contribution in [0.2, 0.25) is 0 Å². The van der Waals surface area contributed by atoms with Gasteiger partial charge in [-0.15, -0.1) is 0 Å². The van der Waals surface area contributed by atoms with Crippen molar-refractivity contribution in [3.8, 4) is 0 Å². The number of nitrogens with zero attached hydrogens (tertiary/aromatic N) is 1. The Morgan fingerprint density at radius 3 is 2.36 bits per heavy atom. The number of benzene rings is 2. The lowest BCUT2D eigenvalue weighted by molar-refractivity contribution is -0.116. The first kappa shape index (κ1) is 18.5. The predicted molar refractivity (Wildman–Crippen MR) is 101 cm³/mol. The number of nitrogens with two attached hydrogens (primary N) is 1. The van der Waals surface area contributed by atoms with Crippen molar-refractivity contribution in [2.24, 2.45) is 0 Å². The molecular formula is C20H25N3O2. The molecule has 0 saturated heterocycles. The van der Waals surface area contributed by atoms with Crippen molar-refractivity contribution in [2.45, 2.75) is 26.7 Å². The number of carbonyl (C=O) groups is 2. The minimum Gasteiger partial charge on any atom is -0.399 e. The van der Waals surface area contributed by atoms with Gasteiger partial charge in [-0.3, -0.25) is 9.59 Å². The largest absolute Gasteiger partial charge is 0.399 e. The molecular weight excluding hydrogens is 314 g/mol. The van der Waals surface area contributed by atoms with Crippen LogP contribution in [-0.2, 0) is 11.2 Å². The first-order valence-electron chi connectivity index (χ1n) is 8.57. The number of amides is 2. The molecule has 0 saturated carbocycles. The topological polar surface area (TPSA) is 75.4 Å². The molecule has 0 aliphatic rings. The molecule has 0 heterocycles. The summed E-state index contributed by atoms with van der Waals surface area (Å²) in [5.74, 6) is -0.104. The lowest BCUT2D eigenvalue weighted by Gasteiger charge is -2.19. The van der Waals surface area contributed by atoms with Gasteiger partial charge in [0.15, 0.2) is 0 Å². The van der Waals surface area contributed by atoms with Gasteiger partial charge in [-0.25, -0.2) is 0 Å². The number of nitrogen functional groups attached to an aromatic ring is 1. The second-order valence-corrected chi connectivity index (χ2v) is 5.85. The molecule has 5 heteroatoms. The van der Waals surface area contributed by atoms with Crippen molar-refractivity contribution in [3.63, 3.8) is 0 Å². The molecule has 2 aromatic carbocycles. The van der Waals surface area contributed by atoms with Crippen molar-refractivity contribution < 1.29 is 9.59 Å². The molecule has 0 fully saturated rings. The quantitative estimate of drug-likeness (QED) is 0.760. The summed E-state index contributed by atoms with van der Waals surface area (Å²) in [4.78, 5) is 26.3. The van der Waals surface area contributed by atoms with E-state index in [1.165, 1.54) is 0 Å². The Balaban J connectivity index is 1.95. The highest BCUT2D eigenvalue weighted by molar-refractivity contribution is 5.97. The molecule has 25 heavy (non-hydrogen) atoms. The van der Waals surface area contributed by atoms with Gasteiger partial charge < -0.3 is 16.0 Å². The number of hydrogen-bond donors (Lipinski definition) is 2. The average Bonchev–Trinajstić information content (AvgIpc) is 2.62. The molecule has 0 aliphatic carbocycles. The van der Waals surface area contributed by atoms with Crippen LogP contribution in [0, 0.1) is 0 Å². The van der Waals surface area contributed by atoms with Gasteiger partial charge >= 0.3 is 0 Å². The average molecular weight is 339 g/mol. The summed E-state index contributed by atoms with van der Waals surface area (Å²) in [6, 6.07) is 14.6. The fourth-order valence-corrected chi connectivity index (χ4v) is 2.59. The lowest BCUT2D eigenvalue weighted by atomic mass is 10.1. The summed E-state index contributed by atoms with van der Waals surface area (Å²) in [6.07, 6.45) is 1.02. The molecule has 0 atom stereocenters. The minimum absolute atomic E-state index is 0.0250. The number of rotatable bonds is 7. The van der Waals surface area contributed by atoms with E-state index >= 15 is 0 Å². The van der Waals surface area contributed by atoms with Gasteiger partial charge in [0, 0.05) is 36.4 Å². The van der Waals surface area contributed by atoms with Gasteiger partial charge in [0.05, 0.1) is 0 Å². The third-order valence-corrected chi connectivity index (χ3v) is 4.06. The molecule has 3 N–H and O–H groups in total. The Bertz CT molecular complexity index is 722. The molecule has 2 rings (SSSR count). The van der Waals surface area contributed by atoms with Crippen molar-refractivity contribution in [1.29, 1.82) is 0 Å². The van der Waals surface area contributed by atoms with Crippen LogP contribution < -0.4 is 11.1 Å². The second-order valence-electron chi connectivity index (χ2n) is 5.85. The SMILES string of the molecule is CCN(CC)C(=O)c1cccc(NC(=O)CCc2ccc(N)cc2)c1. The Labute approximate surface area is 148 Å². The highest BCUT2D eigenvalue weighted by atomic mass is 16.2. The molecule has 0 aliphatic heterocycles. The molecule has 132 valence electrons. The highest BCUT2D eigenvalue weighted by Crippen LogP contribution is 2.14. The molecule has 0 spiro atoms. The lowest BCUT2D eigenvalue weighted by Crippen LogP contribution is -2.30. The molecule has 5 nitrogen and oxygen atoms in total. The monoisotopic (exact) mass is 339 g/mol. The Morgan fingerprint density at radius 2 is 1.72 bits per heavy atom. The van der Waals surface area contributed by atoms with Crippen LogP contribution in [0.3, 0.4) is 0 Å². The van der Waals surface area contributed by atoms with E-state index in [9.17, 15) is 9.59 Å². The van der Waals surface area contributed by atoms with Crippen molar-refractivity contribution in [1.82, 2.24) is 4.90 Å². The van der Waals surface area contributed by atoms with Gasteiger partial charge in [-0.1, -0.05) is 18.2 Å². The first-order valence-corrected chi connectivity index (χ1v) is 8.57. The summed E-state index contributed by atoms with van der Waals surface area (Å²) < 4.78 is 0. The Hall–Kier alpha value is -2.82. The van der Waals surface area contributed by atoms with Gasteiger partial charge in [-0.05, 0) is 56.2 Å². The van der Waals surface area contributed by atoms with Gasteiger partial charge in [0.1, 0.15) is 0 Å². The molecule has 2 aromatic rings. The highest BCUT2D eigenvalue weighted by Gasteiger charge is 2.13. The van der Waals surface area contributed by atoms with Crippen LogP contribution in [0.5, 0.6) is 0 Å². The molecule has 0 unspecified atom stereocenters. The van der Waals surface area contributed by atoms with E-state index in [0.29, 0.717) is 42.9 Å². The zero-order valence-electron chi connectivity index (χ0n) is 14.8. The van der Waals surface area contributed by atoms with Gasteiger partial charge in [0.25, 0.3) is 5.91 Å². The van der Waals surface area contributed by atoms with Crippen LogP contribution in [0.25, 0.3) is 0 Å². The number of hydrogen-bond acceptors (Lipinski definition) is 3. The molecule has 0 radical (unpaired) electrons. The third kappa shape index (κ3) is 5.35. The summed E-state index contributed by atoms with van der Waals surface area (Å²) in [6.45, 7) is 5.22. The summed E-state index contributed by atoms with van der Waals surface area (Å²) in [5, 5.41) is 2.86. The fourth-order valence-electron chi connectivity index (χ4n) is 2.59. The summed E-state index contributed by atoms with van der Waals surface area (Å²) in [7, 11) is 0. The van der Waals surface area contributed by atoms with Crippen LogP contribution in [-0.4, -0.2) is 29.8 Å². The van der Waals surface area contributed by atoms with Gasteiger partial charge in [-0.2, -0.15) is 0 Å². The summed E-state index contributed by atoms with van der Waals surface area (Å²) >= 11 is 0. The standard InChI is InChI=1S/C20H25N3O2/c1-3-23(4-2)20(25)16-6-5-7-18(14-16)22-19(24)13-10-15-8-11-17(21)12-9-15/h5-9,11-12,14H,3-4,10,13,21H2,1-2H3,(H,22,24). The molecule has 0 aromatic heterocycles. The maximum atomic E-state index is 12.4. The maximum Gasteiger partial charge on any atom is 0.253 e. The van der Waals surface area contributed by atoms with E-state index in [4.69, 9.17) is 5.73 Å². The fraction of sp³-hybridized carbons (Fsp3) is 0.300. The second kappa shape index (κ2) is 8.87. The number of carbonyl (C=O) groups excluding carboxylic acids is 2. The normalized spacial score (nSPS) is 10.3. The molecule has 0 bridgehead atoms. The smallest absolute Gasteiger partial charge is 0.253 e. The van der Waals surface area contributed by atoms with Crippen LogP contribution in [0.4, 0.5) is 11.4 Å². The maximum absolute atomic E-state index is 12.4. The van der Waals surface area contributed by atoms with E-state index in [0.717, 1.165) is 5.56 Å². The van der Waals surface area contributed by atoms with E-state index in [-0.39, 0.29) is 11.8 Å². The number of anilines is 2. The van der Waals surface area contributed by atoms with Crippen LogP contribution >= 0.6 is 0 Å². The van der Waals surface area contributed by atoms with E-state index in [1.807, 2.05) is 38.1 Å². The Kier molecular flexibility index (Phi) is 6.57. The van der Waals surface area contributed by atoms with E-state index < -0.39 is 0 Å². The van der Waals surface area contributed by atoms with Crippen molar-refractivity contribution >= 4 is 23.2 Å². The minimum atomic E-state index is -0.0794. The van der Waals surface area contributed by atoms with Gasteiger partial charge in [0.2, 0.25) is 5.91 Å². The van der Waals surface area contributed by atoms with Crippen LogP contribution in [0.15, 0.2) is 48.5 Å². The van der Waals surface area contributed by atoms with E-state index in [1.54, 1.807) is 29.2 Å².